The second-order valence-corrected chi connectivity index (χ2v) is 4.29. The molecule has 3 nitrogen and oxygen atoms in total. The van der Waals surface area contributed by atoms with Crippen LogP contribution in [-0.2, 0) is 4.79 Å². The summed E-state index contributed by atoms with van der Waals surface area (Å²) in [5, 5.41) is 5.92. The molecule has 0 heterocycles. The maximum atomic E-state index is 13.3. The first-order chi connectivity index (χ1) is 8.02. The summed E-state index contributed by atoms with van der Waals surface area (Å²) in [7, 11) is 0. The minimum atomic E-state index is -0.425. The van der Waals surface area contributed by atoms with Crippen molar-refractivity contribution in [3.05, 3.63) is 29.0 Å². The predicted octanol–water partition coefficient (Wildman–Crippen LogP) is 2.81. The van der Waals surface area contributed by atoms with Gasteiger partial charge in [-0.25, -0.2) is 4.39 Å². The molecule has 2 N–H and O–H groups in total. The minimum absolute atomic E-state index is 0.0294. The first-order valence-corrected chi connectivity index (χ1v) is 5.89. The Kier molecular flexibility index (Phi) is 5.22. The van der Waals surface area contributed by atoms with Crippen LogP contribution in [0.15, 0.2) is 18.2 Å². The molecular formula is C12H16ClFN2O. The molecule has 1 amide bonds. The molecule has 17 heavy (non-hydrogen) atoms. The van der Waals surface area contributed by atoms with Gasteiger partial charge in [0.2, 0.25) is 5.91 Å². The topological polar surface area (TPSA) is 41.1 Å². The second-order valence-electron chi connectivity index (χ2n) is 3.85. The molecule has 1 atom stereocenters. The lowest BCUT2D eigenvalue weighted by Gasteiger charge is -2.12. The Morgan fingerprint density at radius 1 is 1.53 bits per heavy atom. The van der Waals surface area contributed by atoms with Crippen molar-refractivity contribution in [2.24, 2.45) is 0 Å². The number of benzene rings is 1. The highest BCUT2D eigenvalue weighted by atomic mass is 35.5. The summed E-state index contributed by atoms with van der Waals surface area (Å²) in [6, 6.07) is 4.29. The monoisotopic (exact) mass is 258 g/mol. The van der Waals surface area contributed by atoms with E-state index in [-0.39, 0.29) is 24.2 Å². The van der Waals surface area contributed by atoms with E-state index in [0.29, 0.717) is 5.02 Å². The number of carbonyl (C=O) groups excluding carboxylic acids is 1. The summed E-state index contributed by atoms with van der Waals surface area (Å²) >= 11 is 5.73. The highest BCUT2D eigenvalue weighted by Gasteiger charge is 2.07. The molecule has 0 aliphatic carbocycles. The van der Waals surface area contributed by atoms with Crippen molar-refractivity contribution in [1.29, 1.82) is 0 Å². The van der Waals surface area contributed by atoms with Crippen molar-refractivity contribution < 1.29 is 9.18 Å². The summed E-state index contributed by atoms with van der Waals surface area (Å²) in [6.07, 6.45) is 0.858. The summed E-state index contributed by atoms with van der Waals surface area (Å²) in [6.45, 7) is 3.93. The largest absolute Gasteiger partial charge is 0.374 e. The van der Waals surface area contributed by atoms with Crippen LogP contribution in [0.4, 0.5) is 10.1 Å². The molecule has 5 heteroatoms. The number of carbonyl (C=O) groups is 1. The smallest absolute Gasteiger partial charge is 0.239 e. The fourth-order valence-electron chi connectivity index (χ4n) is 1.24. The van der Waals surface area contributed by atoms with E-state index in [4.69, 9.17) is 11.6 Å². The first-order valence-electron chi connectivity index (χ1n) is 5.51. The quantitative estimate of drug-likeness (QED) is 0.853. The lowest BCUT2D eigenvalue weighted by atomic mass is 10.2. The number of anilines is 1. The molecule has 0 fully saturated rings. The Bertz CT molecular complexity index is 398. The molecule has 1 rings (SSSR count). The van der Waals surface area contributed by atoms with Gasteiger partial charge in [-0.15, -0.1) is 0 Å². The van der Waals surface area contributed by atoms with E-state index >= 15 is 0 Å². The van der Waals surface area contributed by atoms with Gasteiger partial charge in [-0.2, -0.15) is 0 Å². The fourth-order valence-corrected chi connectivity index (χ4v) is 1.41. The maximum Gasteiger partial charge on any atom is 0.239 e. The normalized spacial score (nSPS) is 12.0. The fraction of sp³-hybridized carbons (Fsp3) is 0.417. The summed E-state index contributed by atoms with van der Waals surface area (Å²) in [4.78, 5) is 11.5. The zero-order valence-corrected chi connectivity index (χ0v) is 10.6. The highest BCUT2D eigenvalue weighted by Crippen LogP contribution is 2.18. The average Bonchev–Trinajstić information content (AvgIpc) is 2.30. The van der Waals surface area contributed by atoms with Gasteiger partial charge >= 0.3 is 0 Å². The van der Waals surface area contributed by atoms with Crippen molar-refractivity contribution in [3.63, 3.8) is 0 Å². The van der Waals surface area contributed by atoms with Gasteiger partial charge in [0.1, 0.15) is 5.82 Å². The van der Waals surface area contributed by atoms with Gasteiger partial charge in [0.25, 0.3) is 0 Å². The van der Waals surface area contributed by atoms with E-state index in [1.54, 1.807) is 0 Å². The van der Waals surface area contributed by atoms with Crippen LogP contribution in [0.25, 0.3) is 0 Å². The van der Waals surface area contributed by atoms with E-state index in [1.165, 1.54) is 18.2 Å². The number of hydrogen-bond acceptors (Lipinski definition) is 2. The van der Waals surface area contributed by atoms with Gasteiger partial charge < -0.3 is 10.6 Å². The van der Waals surface area contributed by atoms with Crippen LogP contribution >= 0.6 is 11.6 Å². The Morgan fingerprint density at radius 2 is 2.24 bits per heavy atom. The van der Waals surface area contributed by atoms with Gasteiger partial charge in [-0.1, -0.05) is 18.5 Å². The first kappa shape index (κ1) is 13.8. The molecule has 0 aromatic heterocycles. The molecule has 1 unspecified atom stereocenters. The van der Waals surface area contributed by atoms with Crippen molar-refractivity contribution in [1.82, 2.24) is 5.32 Å². The lowest BCUT2D eigenvalue weighted by molar-refractivity contribution is -0.120. The van der Waals surface area contributed by atoms with E-state index < -0.39 is 5.82 Å². The van der Waals surface area contributed by atoms with E-state index in [1.807, 2.05) is 13.8 Å². The third kappa shape index (κ3) is 4.61. The molecule has 1 aromatic rings. The molecule has 0 saturated heterocycles. The maximum absolute atomic E-state index is 13.3. The SMILES string of the molecule is CCC(C)NC(=O)CNc1cc(Cl)ccc1F. The van der Waals surface area contributed by atoms with Gasteiger partial charge in [0.15, 0.2) is 0 Å². The van der Waals surface area contributed by atoms with Gasteiger partial charge in [-0.3, -0.25) is 4.79 Å². The Morgan fingerprint density at radius 3 is 2.88 bits per heavy atom. The highest BCUT2D eigenvalue weighted by molar-refractivity contribution is 6.30. The van der Waals surface area contributed by atoms with Crippen LogP contribution in [-0.4, -0.2) is 18.5 Å². The Balaban J connectivity index is 2.50. The Hall–Kier alpha value is -1.29. The van der Waals surface area contributed by atoms with Gasteiger partial charge in [-0.05, 0) is 31.5 Å². The van der Waals surface area contributed by atoms with Crippen LogP contribution in [0.3, 0.4) is 0 Å². The van der Waals surface area contributed by atoms with E-state index in [2.05, 4.69) is 10.6 Å². The van der Waals surface area contributed by atoms with Crippen molar-refractivity contribution >= 4 is 23.2 Å². The number of halogens is 2. The van der Waals surface area contributed by atoms with Crippen molar-refractivity contribution in [3.8, 4) is 0 Å². The van der Waals surface area contributed by atoms with Crippen molar-refractivity contribution in [2.75, 3.05) is 11.9 Å². The Labute approximate surface area is 105 Å². The molecule has 0 aliphatic heterocycles. The van der Waals surface area contributed by atoms with Crippen LogP contribution in [0.5, 0.6) is 0 Å². The third-order valence-corrected chi connectivity index (χ3v) is 2.62. The summed E-state index contributed by atoms with van der Waals surface area (Å²) in [5.41, 5.74) is 0.233. The lowest BCUT2D eigenvalue weighted by Crippen LogP contribution is -2.36. The van der Waals surface area contributed by atoms with E-state index in [0.717, 1.165) is 6.42 Å². The summed E-state index contributed by atoms with van der Waals surface area (Å²) < 4.78 is 13.3. The van der Waals surface area contributed by atoms with Crippen LogP contribution in [0.2, 0.25) is 5.02 Å². The minimum Gasteiger partial charge on any atom is -0.374 e. The van der Waals surface area contributed by atoms with Crippen molar-refractivity contribution in [2.45, 2.75) is 26.3 Å². The van der Waals surface area contributed by atoms with Gasteiger partial charge in [0, 0.05) is 11.1 Å². The molecular weight excluding hydrogens is 243 g/mol. The number of amides is 1. The molecule has 94 valence electrons. The molecule has 0 aliphatic rings. The molecule has 0 bridgehead atoms. The number of rotatable bonds is 5. The average molecular weight is 259 g/mol. The van der Waals surface area contributed by atoms with Crippen LogP contribution in [0.1, 0.15) is 20.3 Å². The van der Waals surface area contributed by atoms with Crippen LogP contribution in [0, 0.1) is 5.82 Å². The molecule has 1 aromatic carbocycles. The summed E-state index contributed by atoms with van der Waals surface area (Å²) in [5.74, 6) is -0.593. The second kappa shape index (κ2) is 6.45. The molecule has 0 spiro atoms. The predicted molar refractivity (Wildman–Crippen MR) is 67.8 cm³/mol. The van der Waals surface area contributed by atoms with Gasteiger partial charge in [0.05, 0.1) is 12.2 Å². The number of hydrogen-bond donors (Lipinski definition) is 2. The molecule has 0 saturated carbocycles. The zero-order valence-electron chi connectivity index (χ0n) is 9.89. The standard InChI is InChI=1S/C12H16ClFN2O/c1-3-8(2)16-12(17)7-15-11-6-9(13)4-5-10(11)14/h4-6,8,15H,3,7H2,1-2H3,(H,16,17). The third-order valence-electron chi connectivity index (χ3n) is 2.39. The molecule has 0 radical (unpaired) electrons. The van der Waals surface area contributed by atoms with E-state index in [9.17, 15) is 9.18 Å². The number of nitrogens with one attached hydrogen (secondary N) is 2. The van der Waals surface area contributed by atoms with Crippen LogP contribution < -0.4 is 10.6 Å². The zero-order chi connectivity index (χ0) is 12.8.